The van der Waals surface area contributed by atoms with E-state index < -0.39 is 22.8 Å². The minimum absolute atomic E-state index is 0.0508. The summed E-state index contributed by atoms with van der Waals surface area (Å²) in [5.41, 5.74) is -0.491. The van der Waals surface area contributed by atoms with Gasteiger partial charge in [-0.25, -0.2) is 14.2 Å². The van der Waals surface area contributed by atoms with Crippen LogP contribution >= 0.6 is 0 Å². The van der Waals surface area contributed by atoms with Crippen LogP contribution in [0.15, 0.2) is 35.3 Å². The molecule has 6 nitrogen and oxygen atoms in total. The molecule has 21 heavy (non-hydrogen) atoms. The van der Waals surface area contributed by atoms with Crippen molar-refractivity contribution >= 4 is 27.9 Å². The summed E-state index contributed by atoms with van der Waals surface area (Å²) in [6, 6.07) is 5.36. The van der Waals surface area contributed by atoms with Crippen molar-refractivity contribution in [1.82, 2.24) is 9.71 Å². The van der Waals surface area contributed by atoms with E-state index >= 15 is 0 Å². The lowest BCUT2D eigenvalue weighted by atomic mass is 10.1. The third kappa shape index (κ3) is 1.99. The van der Waals surface area contributed by atoms with Crippen molar-refractivity contribution in [3.63, 3.8) is 0 Å². The van der Waals surface area contributed by atoms with E-state index in [1.807, 2.05) is 0 Å². The van der Waals surface area contributed by atoms with Gasteiger partial charge < -0.3 is 9.94 Å². The average Bonchev–Trinajstić information content (AvgIpc) is 2.46. The average molecular weight is 288 g/mol. The van der Waals surface area contributed by atoms with Gasteiger partial charge in [0.15, 0.2) is 5.65 Å². The molecule has 0 aliphatic rings. The fraction of sp³-hybridized carbons (Fsp3) is 0.0714. The third-order valence-electron chi connectivity index (χ3n) is 3.13. The maximum atomic E-state index is 13.3. The number of rotatable bonds is 2. The molecular formula is C14H9FN2O4. The van der Waals surface area contributed by atoms with Crippen LogP contribution in [-0.4, -0.2) is 27.9 Å². The minimum atomic E-state index is -1.37. The zero-order valence-electron chi connectivity index (χ0n) is 10.8. The van der Waals surface area contributed by atoms with E-state index in [0.717, 1.165) is 10.9 Å². The zero-order valence-corrected chi connectivity index (χ0v) is 10.8. The van der Waals surface area contributed by atoms with Crippen LogP contribution in [-0.2, 0) is 0 Å². The van der Waals surface area contributed by atoms with Crippen molar-refractivity contribution in [2.24, 2.45) is 0 Å². The van der Waals surface area contributed by atoms with Crippen molar-refractivity contribution in [1.29, 1.82) is 0 Å². The lowest BCUT2D eigenvalue weighted by molar-refractivity contribution is 0.0691. The van der Waals surface area contributed by atoms with E-state index in [2.05, 4.69) is 4.98 Å². The Balaban J connectivity index is 2.52. The van der Waals surface area contributed by atoms with Crippen LogP contribution in [0.3, 0.4) is 0 Å². The Kier molecular flexibility index (Phi) is 2.83. The summed E-state index contributed by atoms with van der Waals surface area (Å²) < 4.78 is 14.4. The predicted molar refractivity (Wildman–Crippen MR) is 72.9 cm³/mol. The molecule has 0 aliphatic carbocycles. The summed E-state index contributed by atoms with van der Waals surface area (Å²) in [7, 11) is 1.33. The van der Waals surface area contributed by atoms with E-state index in [1.54, 1.807) is 0 Å². The number of halogens is 1. The number of hydrogen-bond donors (Lipinski definition) is 1. The number of carboxylic acids is 1. The topological polar surface area (TPSA) is 81.4 Å². The van der Waals surface area contributed by atoms with Gasteiger partial charge in [0.2, 0.25) is 5.43 Å². The first kappa shape index (κ1) is 13.0. The van der Waals surface area contributed by atoms with Gasteiger partial charge in [-0.2, -0.15) is 4.73 Å². The molecule has 0 aliphatic heterocycles. The Labute approximate surface area is 117 Å². The number of carboxylic acid groups (broad SMARTS) is 1. The van der Waals surface area contributed by atoms with Gasteiger partial charge in [-0.3, -0.25) is 4.79 Å². The van der Waals surface area contributed by atoms with Gasteiger partial charge in [0.25, 0.3) is 0 Å². The van der Waals surface area contributed by atoms with Crippen molar-refractivity contribution in [2.75, 3.05) is 7.11 Å². The van der Waals surface area contributed by atoms with E-state index in [4.69, 9.17) is 9.94 Å². The van der Waals surface area contributed by atoms with E-state index in [9.17, 15) is 14.0 Å². The van der Waals surface area contributed by atoms with Crippen molar-refractivity contribution < 1.29 is 19.1 Å². The van der Waals surface area contributed by atoms with Crippen LogP contribution in [0.2, 0.25) is 0 Å². The fourth-order valence-corrected chi connectivity index (χ4v) is 2.15. The molecule has 0 amide bonds. The van der Waals surface area contributed by atoms with Crippen LogP contribution in [0.25, 0.3) is 21.9 Å². The highest BCUT2D eigenvalue weighted by Gasteiger charge is 2.16. The summed E-state index contributed by atoms with van der Waals surface area (Å²) in [6.07, 6.45) is 1.06. The molecule has 0 saturated heterocycles. The maximum absolute atomic E-state index is 13.3. The van der Waals surface area contributed by atoms with E-state index in [-0.39, 0.29) is 11.0 Å². The Morgan fingerprint density at radius 1 is 1.38 bits per heavy atom. The summed E-state index contributed by atoms with van der Waals surface area (Å²) in [5, 5.41) is 9.51. The smallest absolute Gasteiger partial charge is 0.341 e. The molecule has 1 aromatic carbocycles. The first-order chi connectivity index (χ1) is 10.0. The van der Waals surface area contributed by atoms with Crippen LogP contribution in [0.5, 0.6) is 0 Å². The number of fused-ring (bicyclic) bond motifs is 2. The molecule has 7 heteroatoms. The SMILES string of the molecule is COn1cc(C(=O)O)c(=O)c2cc3cc(F)ccc3nc21. The minimum Gasteiger partial charge on any atom is -0.477 e. The number of benzene rings is 1. The number of aromatic carboxylic acids is 1. The highest BCUT2D eigenvalue weighted by atomic mass is 19.1. The quantitative estimate of drug-likeness (QED) is 0.722. The maximum Gasteiger partial charge on any atom is 0.341 e. The van der Waals surface area contributed by atoms with Crippen molar-refractivity contribution in [3.05, 3.63) is 52.1 Å². The second-order valence-electron chi connectivity index (χ2n) is 4.38. The molecule has 0 saturated carbocycles. The van der Waals surface area contributed by atoms with Gasteiger partial charge in [-0.1, -0.05) is 0 Å². The van der Waals surface area contributed by atoms with Gasteiger partial charge in [0, 0.05) is 5.39 Å². The Hall–Kier alpha value is -2.96. The lowest BCUT2D eigenvalue weighted by Crippen LogP contribution is -2.21. The van der Waals surface area contributed by atoms with Gasteiger partial charge in [-0.05, 0) is 24.3 Å². The summed E-state index contributed by atoms with van der Waals surface area (Å²) >= 11 is 0. The molecule has 3 aromatic rings. The molecule has 0 fully saturated rings. The lowest BCUT2D eigenvalue weighted by Gasteiger charge is -2.10. The van der Waals surface area contributed by atoms with Crippen molar-refractivity contribution in [3.8, 4) is 0 Å². The number of nitrogens with zero attached hydrogens (tertiary/aromatic N) is 2. The Bertz CT molecular complexity index is 949. The van der Waals surface area contributed by atoms with Gasteiger partial charge in [-0.15, -0.1) is 0 Å². The van der Waals surface area contributed by atoms with Crippen LogP contribution < -0.4 is 10.3 Å². The first-order valence-electron chi connectivity index (χ1n) is 5.94. The fourth-order valence-electron chi connectivity index (χ4n) is 2.15. The van der Waals surface area contributed by atoms with Crippen LogP contribution in [0.1, 0.15) is 10.4 Å². The van der Waals surface area contributed by atoms with Crippen LogP contribution in [0.4, 0.5) is 4.39 Å². The second kappa shape index (κ2) is 4.55. The molecule has 0 bridgehead atoms. The number of aromatic nitrogens is 2. The molecule has 2 heterocycles. The Morgan fingerprint density at radius 2 is 2.14 bits per heavy atom. The number of hydrogen-bond acceptors (Lipinski definition) is 4. The molecule has 0 atom stereocenters. The monoisotopic (exact) mass is 288 g/mol. The molecule has 1 N–H and O–H groups in total. The largest absolute Gasteiger partial charge is 0.477 e. The molecule has 2 aromatic heterocycles. The number of pyridine rings is 2. The standard InChI is InChI=1S/C14H9FN2O4/c1-21-17-6-10(14(19)20)12(18)9-5-7-4-8(15)2-3-11(7)16-13(9)17/h2-6H,1H3,(H,19,20). The van der Waals surface area contributed by atoms with E-state index in [0.29, 0.717) is 10.9 Å². The molecule has 3 rings (SSSR count). The van der Waals surface area contributed by atoms with Gasteiger partial charge in [0.05, 0.1) is 17.1 Å². The predicted octanol–water partition coefficient (Wildman–Crippen LogP) is 1.45. The normalized spacial score (nSPS) is 11.0. The van der Waals surface area contributed by atoms with E-state index in [1.165, 1.54) is 31.4 Å². The van der Waals surface area contributed by atoms with Gasteiger partial charge in [0.1, 0.15) is 18.5 Å². The molecular weight excluding hydrogens is 279 g/mol. The zero-order chi connectivity index (χ0) is 15.1. The van der Waals surface area contributed by atoms with Gasteiger partial charge >= 0.3 is 5.97 Å². The third-order valence-corrected chi connectivity index (χ3v) is 3.13. The van der Waals surface area contributed by atoms with Crippen molar-refractivity contribution in [2.45, 2.75) is 0 Å². The molecule has 0 radical (unpaired) electrons. The molecule has 106 valence electrons. The highest BCUT2D eigenvalue weighted by Crippen LogP contribution is 2.18. The first-order valence-corrected chi connectivity index (χ1v) is 5.94. The summed E-state index contributed by atoms with van der Waals surface area (Å²) in [4.78, 5) is 32.5. The summed E-state index contributed by atoms with van der Waals surface area (Å²) in [6.45, 7) is 0. The highest BCUT2D eigenvalue weighted by molar-refractivity contribution is 5.95. The van der Waals surface area contributed by atoms with Crippen LogP contribution in [0, 0.1) is 5.82 Å². The number of carbonyl (C=O) groups is 1. The molecule has 0 unspecified atom stereocenters. The second-order valence-corrected chi connectivity index (χ2v) is 4.38. The summed E-state index contributed by atoms with van der Waals surface area (Å²) in [5.74, 6) is -1.84. The Morgan fingerprint density at radius 3 is 2.81 bits per heavy atom. The molecule has 0 spiro atoms.